The fourth-order valence-corrected chi connectivity index (χ4v) is 12.4. The predicted molar refractivity (Wildman–Crippen MR) is 293 cm³/mol. The number of amides is 3. The molecule has 8 rings (SSSR count). The number of carbonyl (C=O) groups excluding carboxylic acids is 6. The number of ether oxygens (including phenoxy) is 5. The summed E-state index contributed by atoms with van der Waals surface area (Å²) in [6.07, 6.45) is -4.66. The third kappa shape index (κ3) is 11.2. The van der Waals surface area contributed by atoms with E-state index >= 15 is 4.39 Å². The molecular weight excluding hydrogens is 1240 g/mol. The Bertz CT molecular complexity index is 3250. The number of nitrogens with zero attached hydrogens (tertiary/aromatic N) is 3. The number of hydrogen-bond donors (Lipinski definition) is 3. The summed E-state index contributed by atoms with van der Waals surface area (Å²) >= 11 is 3.65. The van der Waals surface area contributed by atoms with Crippen LogP contribution in [0, 0.1) is 24.6 Å². The molecule has 390 valence electrons. The molecule has 1 saturated heterocycles. The molecule has 4 aliphatic rings. The van der Waals surface area contributed by atoms with E-state index in [4.69, 9.17) is 40.6 Å². The van der Waals surface area contributed by atoms with Crippen LogP contribution in [0.25, 0.3) is 22.3 Å². The topological polar surface area (TPSA) is 257 Å². The summed E-state index contributed by atoms with van der Waals surface area (Å²) in [5, 5.41) is 17.3. The van der Waals surface area contributed by atoms with E-state index in [-0.39, 0.29) is 54.3 Å². The average Bonchev–Trinajstić information content (AvgIpc) is 3.74. The first kappa shape index (κ1) is 56.5. The fraction of sp³-hybridized carbons (Fsp3) is 0.435. The second kappa shape index (κ2) is 23.1. The van der Waals surface area contributed by atoms with E-state index in [2.05, 4.69) is 10.6 Å². The molecule has 4 unspecified atom stereocenters. The van der Waals surface area contributed by atoms with Crippen LogP contribution in [-0.4, -0.2) is 114 Å². The molecule has 3 N–H and O–H groups in total. The average molecular weight is 1290 g/mol. The molecule has 1 aliphatic carbocycles. The molecule has 3 amide bonds. The van der Waals surface area contributed by atoms with Gasteiger partial charge in [-0.1, -0.05) is 6.92 Å². The van der Waals surface area contributed by atoms with Crippen LogP contribution in [0.2, 0.25) is 0 Å². The Labute approximate surface area is 460 Å². The van der Waals surface area contributed by atoms with E-state index in [1.54, 1.807) is 55.0 Å². The predicted octanol–water partition coefficient (Wildman–Crippen LogP) is 5.72. The van der Waals surface area contributed by atoms with Crippen molar-refractivity contribution < 1.29 is 70.8 Å². The Morgan fingerprint density at radius 1 is 1.11 bits per heavy atom. The zero-order valence-electron chi connectivity index (χ0n) is 41.1. The van der Waals surface area contributed by atoms with Gasteiger partial charge in [0.25, 0.3) is 5.56 Å². The summed E-state index contributed by atoms with van der Waals surface area (Å²) in [6, 6.07) is 8.94. The number of pyridine rings is 2. The van der Waals surface area contributed by atoms with Crippen molar-refractivity contribution in [3.8, 4) is 17.1 Å². The van der Waals surface area contributed by atoms with Crippen LogP contribution >= 0.6 is 57.7 Å². The number of alkyl carbamates (subject to hydrolysis) is 1. The van der Waals surface area contributed by atoms with Gasteiger partial charge >= 0.3 is 283 Å². The van der Waals surface area contributed by atoms with E-state index in [1.807, 2.05) is 21.2 Å². The van der Waals surface area contributed by atoms with Crippen LogP contribution in [-0.2, 0) is 78.8 Å². The maximum absolute atomic E-state index is 15.5. The van der Waals surface area contributed by atoms with E-state index in [0.717, 1.165) is 4.90 Å². The third-order valence-electron chi connectivity index (χ3n) is 13.8. The van der Waals surface area contributed by atoms with Crippen LogP contribution in [0.15, 0.2) is 35.1 Å². The van der Waals surface area contributed by atoms with Gasteiger partial charge in [-0.15, -0.1) is 0 Å². The van der Waals surface area contributed by atoms with Gasteiger partial charge in [0.2, 0.25) is 0 Å². The molecule has 2 aromatic carbocycles. The van der Waals surface area contributed by atoms with Gasteiger partial charge in [0.1, 0.15) is 12.4 Å². The van der Waals surface area contributed by atoms with Gasteiger partial charge in [0.05, 0.1) is 35.1 Å². The number of nitrogens with one attached hydrogen (secondary N) is 2. The van der Waals surface area contributed by atoms with E-state index < -0.39 is 110 Å². The van der Waals surface area contributed by atoms with Gasteiger partial charge in [0.15, 0.2) is 5.60 Å². The quantitative estimate of drug-likeness (QED) is 0.0551. The molecule has 5 heterocycles. The summed E-state index contributed by atoms with van der Waals surface area (Å²) < 4.78 is 62.8. The van der Waals surface area contributed by atoms with Crippen LogP contribution in [0.1, 0.15) is 85.5 Å². The first-order valence-electron chi connectivity index (χ1n) is 23.4. The van der Waals surface area contributed by atoms with Gasteiger partial charge in [-0.25, -0.2) is 19.0 Å². The van der Waals surface area contributed by atoms with Crippen molar-refractivity contribution in [3.63, 3.8) is 0 Å². The minimum absolute atomic E-state index is 0.000455. The Kier molecular flexibility index (Phi) is 17.4. The Morgan fingerprint density at radius 2 is 1.85 bits per heavy atom. The minimum atomic E-state index is -2.08. The van der Waals surface area contributed by atoms with Gasteiger partial charge in [0, 0.05) is 22.6 Å². The molecule has 0 spiro atoms. The van der Waals surface area contributed by atoms with Crippen LogP contribution in [0.5, 0.6) is 5.75 Å². The van der Waals surface area contributed by atoms with Gasteiger partial charge in [-0.05, 0) is 48.9 Å². The molecule has 2 aromatic heterocycles. The molecule has 9 atom stereocenters. The van der Waals surface area contributed by atoms with Crippen molar-refractivity contribution in [2.45, 2.75) is 104 Å². The summed E-state index contributed by atoms with van der Waals surface area (Å²) in [7, 11) is 5.11. The van der Waals surface area contributed by atoms with Crippen molar-refractivity contribution in [3.05, 3.63) is 85.4 Å². The van der Waals surface area contributed by atoms with Crippen molar-refractivity contribution in [1.29, 1.82) is 0 Å². The Hall–Kier alpha value is -4.71. The number of hydrogen-bond acceptors (Lipinski definition) is 16. The maximum atomic E-state index is 15.5. The van der Waals surface area contributed by atoms with Gasteiger partial charge in [-0.2, -0.15) is 0 Å². The van der Waals surface area contributed by atoms with Crippen molar-refractivity contribution in [2.24, 2.45) is 11.8 Å². The normalized spacial score (nSPS) is 22.9. The van der Waals surface area contributed by atoms with Crippen LogP contribution in [0.3, 0.4) is 0 Å². The molecule has 75 heavy (non-hydrogen) atoms. The SMILES string of the molecule is [B]B=S(I)OC(=O)N(C)CC(=O)Nc1cc(COC(=O)N[C@H]2CCc3c(C)c(F)cc4nc5c(c2c34)Cn2c-5cc3c(c2=O)COC(=O)[C@]3(O)CC)ccc1O[C@@H]1OC(C(=O)S(I)=BB=O)[C@@H](C)[C@H](C)C1OC(C)=O. The number of esters is 2. The Balaban J connectivity index is 1.09. The molecule has 3 aliphatic heterocycles. The summed E-state index contributed by atoms with van der Waals surface area (Å²) in [6.45, 7) is 6.78. The number of benzene rings is 2. The fourth-order valence-electron chi connectivity index (χ4n) is 9.77. The molecule has 4 aromatic rings. The van der Waals surface area contributed by atoms with Crippen molar-refractivity contribution in [1.82, 2.24) is 19.8 Å². The van der Waals surface area contributed by atoms with E-state index in [9.17, 15) is 43.4 Å². The second-order valence-electron chi connectivity index (χ2n) is 18.3. The number of aliphatic hydroxyl groups is 1. The number of rotatable bonds is 13. The number of fused-ring (bicyclic) bond motifs is 5. The van der Waals surface area contributed by atoms with Crippen LogP contribution < -0.4 is 20.9 Å². The van der Waals surface area contributed by atoms with Crippen molar-refractivity contribution >= 4 is 136 Å². The number of aromatic nitrogens is 2. The van der Waals surface area contributed by atoms with E-state index in [1.165, 1.54) is 54.9 Å². The molecule has 20 nitrogen and oxygen atoms in total. The molecule has 0 bridgehead atoms. The van der Waals surface area contributed by atoms with Gasteiger partial charge < -0.3 is 19.7 Å². The molecule has 0 saturated carbocycles. The summed E-state index contributed by atoms with van der Waals surface area (Å²) in [4.78, 5) is 99.0. The summed E-state index contributed by atoms with van der Waals surface area (Å²) in [5.41, 5.74) is 1.21. The monoisotopic (exact) mass is 1290 g/mol. The zero-order chi connectivity index (χ0) is 54.4. The van der Waals surface area contributed by atoms with Gasteiger partial charge in [-0.3, -0.25) is 4.79 Å². The second-order valence-corrected chi connectivity index (χ2v) is 25.9. The first-order valence-corrected chi connectivity index (χ1v) is 31.0. The third-order valence-corrected chi connectivity index (χ3v) is 18.9. The standard InChI is InChI=1S/C46H46B4FI2N5O15S2/c1-7-46(66)27-13-32-37-25(15-58(32)40(61)26(27)18-68-43(46)63)36-29(10-9-24-21(4)28(51)14-31(55-37)35(24)36)56-44(64)69-17-23-8-11-33(30(12-23)54-34(60)16-57(6)45(65)73-75(53)48-47)71-42-39(70-22(5)59)20(3)19(2)38(72-42)41(62)74(52)50-49-67/h8,11-14,19-20,29,38-39,42,66H,7,9-10,15-18H2,1-6H3,(H,54,60)(H,56,64)/t19-,20-,29-,38?,39?,42+,46-,74?,75?/m0/s1. The number of likely N-dealkylation sites (N-methyl/N-ethyl adjacent to an activating group) is 1. The number of halogens is 3. The number of cyclic esters (lactones) is 1. The summed E-state index contributed by atoms with van der Waals surface area (Å²) in [5.74, 6) is -3.77. The van der Waals surface area contributed by atoms with Crippen molar-refractivity contribution in [2.75, 3.05) is 18.9 Å². The zero-order valence-corrected chi connectivity index (χ0v) is 47.0. The van der Waals surface area contributed by atoms with E-state index in [0.29, 0.717) is 64.5 Å². The molecular formula is C46H46B4FI2N5O15S2. The number of carbonyl (C=O) groups is 6. The molecule has 1 fully saturated rings. The van der Waals surface area contributed by atoms with Crippen LogP contribution in [0.4, 0.5) is 19.7 Å². The molecule has 2 radical (unpaired) electrons. The number of anilines is 1. The molecule has 29 heteroatoms. The Morgan fingerprint density at radius 3 is 2.55 bits per heavy atom. The number of aryl methyl sites for hydroxylation is 1. The first-order chi connectivity index (χ1) is 35.6.